The van der Waals surface area contributed by atoms with Crippen molar-refractivity contribution in [2.45, 2.75) is 31.2 Å². The fraction of sp³-hybridized carbons (Fsp3) is 0.467. The molecule has 0 aliphatic rings. The molecule has 1 rings (SSSR count). The summed E-state index contributed by atoms with van der Waals surface area (Å²) < 4.78 is 43.7. The Morgan fingerprint density at radius 3 is 2.50 bits per heavy atom. The van der Waals surface area contributed by atoms with Crippen molar-refractivity contribution in [1.82, 2.24) is 10.0 Å². The van der Waals surface area contributed by atoms with Crippen LogP contribution in [0.3, 0.4) is 0 Å². The zero-order valence-corrected chi connectivity index (χ0v) is 14.5. The highest BCUT2D eigenvalue weighted by molar-refractivity contribution is 7.89. The summed E-state index contributed by atoms with van der Waals surface area (Å²) in [6, 6.07) is 3.55. The van der Waals surface area contributed by atoms with Crippen molar-refractivity contribution in [3.63, 3.8) is 0 Å². The van der Waals surface area contributed by atoms with Crippen LogP contribution < -0.4 is 10.0 Å². The fourth-order valence-corrected chi connectivity index (χ4v) is 2.96. The van der Waals surface area contributed by atoms with Crippen molar-refractivity contribution < 1.29 is 27.1 Å². The molecule has 9 heteroatoms. The lowest BCUT2D eigenvalue weighted by atomic mass is 10.0. The highest BCUT2D eigenvalue weighted by Crippen LogP contribution is 2.10. The molecule has 24 heavy (non-hydrogen) atoms. The number of halogens is 1. The van der Waals surface area contributed by atoms with Crippen LogP contribution in [0.5, 0.6) is 0 Å². The zero-order valence-electron chi connectivity index (χ0n) is 13.7. The molecule has 0 radical (unpaired) electrons. The van der Waals surface area contributed by atoms with Crippen LogP contribution in [0, 0.1) is 11.7 Å². The van der Waals surface area contributed by atoms with Gasteiger partial charge < -0.3 is 10.1 Å². The third-order valence-corrected chi connectivity index (χ3v) is 4.46. The number of carbonyl (C=O) groups excluding carboxylic acids is 2. The van der Waals surface area contributed by atoms with Gasteiger partial charge in [0, 0.05) is 0 Å². The Bertz CT molecular complexity index is 691. The molecule has 7 nitrogen and oxygen atoms in total. The minimum Gasteiger partial charge on any atom is -0.467 e. The minimum atomic E-state index is -4.03. The molecule has 0 aliphatic heterocycles. The predicted molar refractivity (Wildman–Crippen MR) is 85.0 cm³/mol. The van der Waals surface area contributed by atoms with Gasteiger partial charge in [-0.25, -0.2) is 22.3 Å². The molecule has 1 atom stereocenters. The molecule has 134 valence electrons. The largest absolute Gasteiger partial charge is 0.467 e. The number of carbonyl (C=O) groups is 2. The molecule has 0 aromatic heterocycles. The van der Waals surface area contributed by atoms with Gasteiger partial charge in [0.2, 0.25) is 15.9 Å². The van der Waals surface area contributed by atoms with Crippen LogP contribution in [0.25, 0.3) is 0 Å². The van der Waals surface area contributed by atoms with E-state index in [-0.39, 0.29) is 10.8 Å². The second-order valence-corrected chi connectivity index (χ2v) is 7.32. The summed E-state index contributed by atoms with van der Waals surface area (Å²) in [6.07, 6.45) is 0.356. The van der Waals surface area contributed by atoms with E-state index in [1.165, 1.54) is 19.2 Å². The Kier molecular flexibility index (Phi) is 7.30. The summed E-state index contributed by atoms with van der Waals surface area (Å²) in [5, 5.41) is 2.42. The maximum atomic E-state index is 13.1. The molecule has 2 N–H and O–H groups in total. The molecular weight excluding hydrogens is 339 g/mol. The van der Waals surface area contributed by atoms with E-state index in [1.54, 1.807) is 0 Å². The molecule has 0 saturated heterocycles. The van der Waals surface area contributed by atoms with E-state index in [1.807, 2.05) is 13.8 Å². The Hall–Kier alpha value is -2.00. The number of methoxy groups -OCH3 is 1. The van der Waals surface area contributed by atoms with Crippen molar-refractivity contribution in [2.24, 2.45) is 5.92 Å². The van der Waals surface area contributed by atoms with Gasteiger partial charge in [0.15, 0.2) is 0 Å². The molecule has 0 bridgehead atoms. The van der Waals surface area contributed by atoms with Crippen molar-refractivity contribution in [2.75, 3.05) is 13.7 Å². The Balaban J connectivity index is 2.68. The second kappa shape index (κ2) is 8.74. The van der Waals surface area contributed by atoms with Crippen LogP contribution in [0.2, 0.25) is 0 Å². The van der Waals surface area contributed by atoms with Gasteiger partial charge in [0.25, 0.3) is 0 Å². The summed E-state index contributed by atoms with van der Waals surface area (Å²) in [7, 11) is -2.83. The molecule has 0 heterocycles. The van der Waals surface area contributed by atoms with Gasteiger partial charge in [-0.05, 0) is 30.5 Å². The van der Waals surface area contributed by atoms with Crippen molar-refractivity contribution >= 4 is 21.9 Å². The lowest BCUT2D eigenvalue weighted by Crippen LogP contribution is -2.46. The van der Waals surface area contributed by atoms with Crippen molar-refractivity contribution in [1.29, 1.82) is 0 Å². The molecular formula is C15H21FN2O5S. The van der Waals surface area contributed by atoms with Crippen molar-refractivity contribution in [3.05, 3.63) is 30.1 Å². The summed E-state index contributed by atoms with van der Waals surface area (Å²) in [4.78, 5) is 23.2. The van der Waals surface area contributed by atoms with Crippen LogP contribution >= 0.6 is 0 Å². The van der Waals surface area contributed by atoms with Gasteiger partial charge in [-0.2, -0.15) is 0 Å². The quantitative estimate of drug-likeness (QED) is 0.668. The van der Waals surface area contributed by atoms with Crippen LogP contribution in [-0.4, -0.2) is 40.0 Å². The smallest absolute Gasteiger partial charge is 0.328 e. The van der Waals surface area contributed by atoms with Gasteiger partial charge in [0.1, 0.15) is 11.9 Å². The first kappa shape index (κ1) is 20.0. The van der Waals surface area contributed by atoms with Crippen LogP contribution in [0.1, 0.15) is 20.3 Å². The normalized spacial score (nSPS) is 12.7. The summed E-state index contributed by atoms with van der Waals surface area (Å²) in [5.41, 5.74) is 0. The van der Waals surface area contributed by atoms with E-state index in [4.69, 9.17) is 0 Å². The minimum absolute atomic E-state index is 0.124. The Morgan fingerprint density at radius 1 is 1.29 bits per heavy atom. The average Bonchev–Trinajstić information content (AvgIpc) is 2.51. The molecule has 0 fully saturated rings. The van der Waals surface area contributed by atoms with Gasteiger partial charge in [-0.3, -0.25) is 4.79 Å². The van der Waals surface area contributed by atoms with Crippen LogP contribution in [-0.2, 0) is 24.3 Å². The monoisotopic (exact) mass is 360 g/mol. The van der Waals surface area contributed by atoms with Gasteiger partial charge in [0.05, 0.1) is 18.6 Å². The molecule has 1 aromatic rings. The maximum Gasteiger partial charge on any atom is 0.328 e. The number of nitrogens with one attached hydrogen (secondary N) is 2. The molecule has 1 unspecified atom stereocenters. The number of amides is 1. The van der Waals surface area contributed by atoms with Gasteiger partial charge in [-0.15, -0.1) is 0 Å². The number of ether oxygens (including phenoxy) is 1. The molecule has 1 amide bonds. The van der Waals surface area contributed by atoms with E-state index >= 15 is 0 Å². The topological polar surface area (TPSA) is 102 Å². The van der Waals surface area contributed by atoms with E-state index in [0.717, 1.165) is 12.1 Å². The summed E-state index contributed by atoms with van der Waals surface area (Å²) in [6.45, 7) is 3.16. The first-order valence-corrected chi connectivity index (χ1v) is 8.76. The molecule has 0 spiro atoms. The standard InChI is InChI=1S/C15H21FN2O5S/c1-10(2)7-13(15(20)23-3)18-14(19)9-17-24(21,22)12-6-4-5-11(16)8-12/h4-6,8,10,13,17H,7,9H2,1-3H3,(H,18,19). The summed E-state index contributed by atoms with van der Waals surface area (Å²) in [5.74, 6) is -1.88. The lowest BCUT2D eigenvalue weighted by molar-refractivity contribution is -0.145. The van der Waals surface area contributed by atoms with Gasteiger partial charge in [-0.1, -0.05) is 19.9 Å². The Morgan fingerprint density at radius 2 is 1.96 bits per heavy atom. The first-order chi connectivity index (χ1) is 11.2. The lowest BCUT2D eigenvalue weighted by Gasteiger charge is -2.18. The van der Waals surface area contributed by atoms with E-state index < -0.39 is 40.3 Å². The highest BCUT2D eigenvalue weighted by atomic mass is 32.2. The third-order valence-electron chi connectivity index (χ3n) is 3.06. The van der Waals surface area contributed by atoms with Crippen LogP contribution in [0.4, 0.5) is 4.39 Å². The van der Waals surface area contributed by atoms with E-state index in [9.17, 15) is 22.4 Å². The van der Waals surface area contributed by atoms with E-state index in [2.05, 4.69) is 14.8 Å². The highest BCUT2D eigenvalue weighted by Gasteiger charge is 2.23. The number of rotatable bonds is 8. The molecule has 0 aliphatic carbocycles. The zero-order chi connectivity index (χ0) is 18.3. The number of hydrogen-bond donors (Lipinski definition) is 2. The van der Waals surface area contributed by atoms with Crippen LogP contribution in [0.15, 0.2) is 29.2 Å². The third kappa shape index (κ3) is 6.25. The number of hydrogen-bond acceptors (Lipinski definition) is 5. The maximum absolute atomic E-state index is 13.1. The molecule has 1 aromatic carbocycles. The van der Waals surface area contributed by atoms with Crippen molar-refractivity contribution in [3.8, 4) is 0 Å². The second-order valence-electron chi connectivity index (χ2n) is 5.55. The fourth-order valence-electron chi connectivity index (χ4n) is 1.95. The SMILES string of the molecule is COC(=O)C(CC(C)C)NC(=O)CNS(=O)(=O)c1cccc(F)c1. The van der Waals surface area contributed by atoms with Gasteiger partial charge >= 0.3 is 5.97 Å². The average molecular weight is 360 g/mol. The molecule has 0 saturated carbocycles. The number of benzene rings is 1. The van der Waals surface area contributed by atoms with E-state index in [0.29, 0.717) is 6.42 Å². The number of esters is 1. The number of sulfonamides is 1. The Labute approximate surface area is 140 Å². The predicted octanol–water partition coefficient (Wildman–Crippen LogP) is 0.808. The summed E-state index contributed by atoms with van der Waals surface area (Å²) >= 11 is 0. The first-order valence-electron chi connectivity index (χ1n) is 7.28.